The van der Waals surface area contributed by atoms with Crippen molar-refractivity contribution in [3.8, 4) is 5.75 Å². The van der Waals surface area contributed by atoms with Crippen LogP contribution in [0.3, 0.4) is 0 Å². The lowest BCUT2D eigenvalue weighted by Gasteiger charge is -2.00. The van der Waals surface area contributed by atoms with Gasteiger partial charge in [-0.05, 0) is 12.1 Å². The fourth-order valence-electron chi connectivity index (χ4n) is 0.971. The SMILES string of the molecule is O=Cc1cccc(C=CC(=O)O)c1O. The molecule has 0 aromatic heterocycles. The van der Waals surface area contributed by atoms with Crippen LogP contribution in [0.1, 0.15) is 15.9 Å². The predicted octanol–water partition coefficient (Wildman–Crippen LogP) is 1.30. The Labute approximate surface area is 80.1 Å². The number of rotatable bonds is 3. The highest BCUT2D eigenvalue weighted by molar-refractivity contribution is 5.88. The number of phenolic OH excluding ortho intramolecular Hbond substituents is 1. The minimum absolute atomic E-state index is 0.137. The first-order chi connectivity index (χ1) is 6.65. The zero-order chi connectivity index (χ0) is 10.6. The van der Waals surface area contributed by atoms with Gasteiger partial charge in [-0.1, -0.05) is 12.1 Å². The van der Waals surface area contributed by atoms with Gasteiger partial charge >= 0.3 is 5.97 Å². The molecule has 1 aromatic carbocycles. The van der Waals surface area contributed by atoms with Crippen LogP contribution in [0.15, 0.2) is 24.3 Å². The molecule has 0 heterocycles. The molecule has 0 amide bonds. The van der Waals surface area contributed by atoms with Crippen molar-refractivity contribution in [2.24, 2.45) is 0 Å². The summed E-state index contributed by atoms with van der Waals surface area (Å²) in [6.07, 6.45) is 2.63. The molecular weight excluding hydrogens is 184 g/mol. The number of carboxylic acid groups (broad SMARTS) is 1. The Bertz CT molecular complexity index is 393. The van der Waals surface area contributed by atoms with E-state index in [1.165, 1.54) is 18.2 Å². The first-order valence-electron chi connectivity index (χ1n) is 3.83. The third kappa shape index (κ3) is 2.20. The molecular formula is C10H8O4. The minimum Gasteiger partial charge on any atom is -0.507 e. The van der Waals surface area contributed by atoms with E-state index in [-0.39, 0.29) is 11.3 Å². The second-order valence-electron chi connectivity index (χ2n) is 2.57. The zero-order valence-electron chi connectivity index (χ0n) is 7.18. The van der Waals surface area contributed by atoms with E-state index in [9.17, 15) is 14.7 Å². The molecule has 0 bridgehead atoms. The van der Waals surface area contributed by atoms with Crippen molar-refractivity contribution >= 4 is 18.3 Å². The summed E-state index contributed by atoms with van der Waals surface area (Å²) in [7, 11) is 0. The van der Waals surface area contributed by atoms with Crippen LogP contribution >= 0.6 is 0 Å². The summed E-state index contributed by atoms with van der Waals surface area (Å²) in [5, 5.41) is 17.8. The van der Waals surface area contributed by atoms with Crippen LogP contribution in [-0.2, 0) is 4.79 Å². The van der Waals surface area contributed by atoms with E-state index in [0.717, 1.165) is 6.08 Å². The maximum Gasteiger partial charge on any atom is 0.328 e. The number of aldehydes is 1. The standard InChI is InChI=1S/C10H8O4/c11-6-8-3-1-2-7(10(8)14)4-5-9(12)13/h1-6,14H,(H,12,13). The molecule has 1 rings (SSSR count). The van der Waals surface area contributed by atoms with Crippen LogP contribution in [0.25, 0.3) is 6.08 Å². The summed E-state index contributed by atoms with van der Waals surface area (Å²) in [6, 6.07) is 4.52. The maximum atomic E-state index is 10.4. The topological polar surface area (TPSA) is 74.6 Å². The lowest BCUT2D eigenvalue weighted by molar-refractivity contribution is -0.131. The lowest BCUT2D eigenvalue weighted by atomic mass is 10.1. The number of benzene rings is 1. The zero-order valence-corrected chi connectivity index (χ0v) is 7.18. The highest BCUT2D eigenvalue weighted by atomic mass is 16.4. The number of carboxylic acids is 1. The van der Waals surface area contributed by atoms with Crippen LogP contribution < -0.4 is 0 Å². The van der Waals surface area contributed by atoms with Gasteiger partial charge < -0.3 is 10.2 Å². The highest BCUT2D eigenvalue weighted by Crippen LogP contribution is 2.21. The van der Waals surface area contributed by atoms with Crippen molar-refractivity contribution in [3.63, 3.8) is 0 Å². The van der Waals surface area contributed by atoms with Crippen molar-refractivity contribution in [1.29, 1.82) is 0 Å². The molecule has 0 saturated carbocycles. The largest absolute Gasteiger partial charge is 0.507 e. The van der Waals surface area contributed by atoms with Crippen LogP contribution in [0.4, 0.5) is 0 Å². The molecule has 72 valence electrons. The molecule has 0 aliphatic heterocycles. The molecule has 1 aromatic rings. The van der Waals surface area contributed by atoms with Gasteiger partial charge in [-0.15, -0.1) is 0 Å². The van der Waals surface area contributed by atoms with E-state index in [0.29, 0.717) is 11.8 Å². The first-order valence-corrected chi connectivity index (χ1v) is 3.83. The molecule has 0 aliphatic rings. The molecule has 4 heteroatoms. The highest BCUT2D eigenvalue weighted by Gasteiger charge is 2.03. The number of aromatic hydroxyl groups is 1. The molecule has 0 radical (unpaired) electrons. The summed E-state index contributed by atoms with van der Waals surface area (Å²) in [4.78, 5) is 20.6. The van der Waals surface area contributed by atoms with E-state index < -0.39 is 5.97 Å². The third-order valence-corrected chi connectivity index (χ3v) is 1.63. The molecule has 0 fully saturated rings. The summed E-state index contributed by atoms with van der Waals surface area (Å²) in [6.45, 7) is 0. The fraction of sp³-hybridized carbons (Fsp3) is 0. The fourth-order valence-corrected chi connectivity index (χ4v) is 0.971. The van der Waals surface area contributed by atoms with E-state index in [4.69, 9.17) is 5.11 Å². The van der Waals surface area contributed by atoms with Crippen molar-refractivity contribution in [2.45, 2.75) is 0 Å². The van der Waals surface area contributed by atoms with Crippen molar-refractivity contribution in [3.05, 3.63) is 35.4 Å². The lowest BCUT2D eigenvalue weighted by Crippen LogP contribution is -1.87. The average molecular weight is 192 g/mol. The Kier molecular flexibility index (Phi) is 3.01. The van der Waals surface area contributed by atoms with Gasteiger partial charge in [0.2, 0.25) is 0 Å². The first kappa shape index (κ1) is 9.98. The van der Waals surface area contributed by atoms with Crippen molar-refractivity contribution < 1.29 is 19.8 Å². The smallest absolute Gasteiger partial charge is 0.328 e. The van der Waals surface area contributed by atoms with Gasteiger partial charge in [0.1, 0.15) is 5.75 Å². The second-order valence-corrected chi connectivity index (χ2v) is 2.57. The number of carbonyl (C=O) groups excluding carboxylic acids is 1. The molecule has 0 atom stereocenters. The van der Waals surface area contributed by atoms with Gasteiger partial charge in [-0.2, -0.15) is 0 Å². The van der Waals surface area contributed by atoms with Gasteiger partial charge in [0.25, 0.3) is 0 Å². The van der Waals surface area contributed by atoms with Gasteiger partial charge in [0.05, 0.1) is 5.56 Å². The summed E-state index contributed by atoms with van der Waals surface area (Å²) in [5.41, 5.74) is 0.439. The third-order valence-electron chi connectivity index (χ3n) is 1.63. The van der Waals surface area contributed by atoms with E-state index in [1.54, 1.807) is 6.07 Å². The van der Waals surface area contributed by atoms with Gasteiger partial charge in [0, 0.05) is 11.6 Å². The molecule has 0 saturated heterocycles. The average Bonchev–Trinajstić information content (AvgIpc) is 2.16. The molecule has 0 unspecified atom stereocenters. The normalized spacial score (nSPS) is 10.3. The molecule has 4 nitrogen and oxygen atoms in total. The van der Waals surface area contributed by atoms with Crippen molar-refractivity contribution in [1.82, 2.24) is 0 Å². The number of hydrogen-bond donors (Lipinski definition) is 2. The number of para-hydroxylation sites is 1. The van der Waals surface area contributed by atoms with Gasteiger partial charge in [0.15, 0.2) is 6.29 Å². The second kappa shape index (κ2) is 4.23. The van der Waals surface area contributed by atoms with E-state index in [2.05, 4.69) is 0 Å². The monoisotopic (exact) mass is 192 g/mol. The van der Waals surface area contributed by atoms with Gasteiger partial charge in [-0.25, -0.2) is 4.79 Å². The van der Waals surface area contributed by atoms with Crippen molar-refractivity contribution in [2.75, 3.05) is 0 Å². The summed E-state index contributed by atoms with van der Waals surface area (Å²) < 4.78 is 0. The Morgan fingerprint density at radius 2 is 1.93 bits per heavy atom. The molecule has 0 spiro atoms. The number of carbonyl (C=O) groups is 2. The molecule has 14 heavy (non-hydrogen) atoms. The molecule has 0 aliphatic carbocycles. The maximum absolute atomic E-state index is 10.4. The Morgan fingerprint density at radius 3 is 2.50 bits per heavy atom. The quantitative estimate of drug-likeness (QED) is 0.559. The number of hydrogen-bond acceptors (Lipinski definition) is 3. The van der Waals surface area contributed by atoms with E-state index in [1.807, 2.05) is 0 Å². The summed E-state index contributed by atoms with van der Waals surface area (Å²) in [5.74, 6) is -1.32. The van der Waals surface area contributed by atoms with Crippen LogP contribution in [0.5, 0.6) is 5.75 Å². The predicted molar refractivity (Wildman–Crippen MR) is 50.2 cm³/mol. The molecule has 2 N–H and O–H groups in total. The van der Waals surface area contributed by atoms with Crippen LogP contribution in [-0.4, -0.2) is 22.5 Å². The van der Waals surface area contributed by atoms with Gasteiger partial charge in [-0.3, -0.25) is 4.79 Å². The Balaban J connectivity index is 3.09. The van der Waals surface area contributed by atoms with E-state index >= 15 is 0 Å². The Morgan fingerprint density at radius 1 is 1.29 bits per heavy atom. The number of phenols is 1. The summed E-state index contributed by atoms with van der Waals surface area (Å²) >= 11 is 0. The number of aliphatic carboxylic acids is 1. The van der Waals surface area contributed by atoms with Crippen LogP contribution in [0, 0.1) is 0 Å². The van der Waals surface area contributed by atoms with Crippen LogP contribution in [0.2, 0.25) is 0 Å². The minimum atomic E-state index is -1.11. The Hall–Kier alpha value is -2.10.